The second-order valence-corrected chi connectivity index (χ2v) is 8.92. The number of aliphatic imine (C=N–C) groups is 1. The van der Waals surface area contributed by atoms with Crippen LogP contribution in [0.2, 0.25) is 0 Å². The number of aryl methyl sites for hydroxylation is 1. The molecule has 25 heavy (non-hydrogen) atoms. The van der Waals surface area contributed by atoms with Crippen molar-refractivity contribution < 1.29 is 4.79 Å². The summed E-state index contributed by atoms with van der Waals surface area (Å²) in [5.74, 6) is 1.32. The predicted octanol–water partition coefficient (Wildman–Crippen LogP) is 5.49. The van der Waals surface area contributed by atoms with Crippen LogP contribution < -0.4 is 0 Å². The number of hydrogen-bond acceptors (Lipinski definition) is 3. The first-order valence-electron chi connectivity index (χ1n) is 9.71. The zero-order valence-corrected chi connectivity index (χ0v) is 16.2. The van der Waals surface area contributed by atoms with Gasteiger partial charge in [0.15, 0.2) is 11.0 Å². The SMILES string of the molecule is CC(=O)c1ccc(N=C2SCC3(CCCC3)N2C2CCCC2)c(C)c1. The van der Waals surface area contributed by atoms with E-state index in [1.165, 1.54) is 62.3 Å². The lowest BCUT2D eigenvalue weighted by Gasteiger charge is -2.40. The van der Waals surface area contributed by atoms with E-state index in [1.54, 1.807) is 6.92 Å². The van der Waals surface area contributed by atoms with Gasteiger partial charge >= 0.3 is 0 Å². The third-order valence-corrected chi connectivity index (χ3v) is 7.46. The standard InChI is InChI=1S/C21H28N2OS/c1-15-13-17(16(2)24)9-10-19(15)22-20-23(18-7-3-4-8-18)21(14-25-20)11-5-6-12-21/h9-10,13,18H,3-8,11-12,14H2,1-2H3. The van der Waals surface area contributed by atoms with Gasteiger partial charge in [-0.05, 0) is 63.3 Å². The van der Waals surface area contributed by atoms with Crippen LogP contribution in [0.1, 0.15) is 74.2 Å². The molecule has 1 heterocycles. The Morgan fingerprint density at radius 1 is 1.20 bits per heavy atom. The van der Waals surface area contributed by atoms with Crippen LogP contribution in [0.15, 0.2) is 23.2 Å². The molecule has 1 aliphatic heterocycles. The maximum Gasteiger partial charge on any atom is 0.165 e. The summed E-state index contributed by atoms with van der Waals surface area (Å²) >= 11 is 1.96. The molecule has 1 spiro atoms. The van der Waals surface area contributed by atoms with Crippen molar-refractivity contribution in [3.05, 3.63) is 29.3 Å². The quantitative estimate of drug-likeness (QED) is 0.671. The Kier molecular flexibility index (Phi) is 4.65. The molecule has 0 aromatic heterocycles. The zero-order valence-electron chi connectivity index (χ0n) is 15.4. The highest BCUT2D eigenvalue weighted by Gasteiger charge is 2.49. The van der Waals surface area contributed by atoms with E-state index in [1.807, 2.05) is 30.0 Å². The molecule has 1 saturated heterocycles. The third-order valence-electron chi connectivity index (χ3n) is 6.23. The van der Waals surface area contributed by atoms with Crippen molar-refractivity contribution in [2.75, 3.05) is 5.75 Å². The Bertz CT molecular complexity index is 700. The van der Waals surface area contributed by atoms with Gasteiger partial charge in [-0.25, -0.2) is 4.99 Å². The van der Waals surface area contributed by atoms with Gasteiger partial charge in [0.1, 0.15) is 0 Å². The molecule has 1 aromatic carbocycles. The lowest BCUT2D eigenvalue weighted by atomic mass is 9.95. The lowest BCUT2D eigenvalue weighted by Crippen LogP contribution is -2.50. The highest BCUT2D eigenvalue weighted by Crippen LogP contribution is 2.48. The molecular formula is C21H28N2OS. The number of thioether (sulfide) groups is 1. The van der Waals surface area contributed by atoms with Crippen LogP contribution in [0.5, 0.6) is 0 Å². The van der Waals surface area contributed by atoms with Crippen LogP contribution in [-0.4, -0.2) is 33.2 Å². The number of amidine groups is 1. The normalized spacial score (nSPS) is 24.7. The van der Waals surface area contributed by atoms with Crippen LogP contribution >= 0.6 is 11.8 Å². The number of rotatable bonds is 3. The van der Waals surface area contributed by atoms with Gasteiger partial charge in [-0.3, -0.25) is 4.79 Å². The number of nitrogens with zero attached hydrogens (tertiary/aromatic N) is 2. The Hall–Kier alpha value is -1.29. The number of carbonyl (C=O) groups excluding carboxylic acids is 1. The lowest BCUT2D eigenvalue weighted by molar-refractivity contribution is 0.101. The van der Waals surface area contributed by atoms with E-state index in [0.717, 1.165) is 16.8 Å². The van der Waals surface area contributed by atoms with Gasteiger partial charge in [-0.15, -0.1) is 0 Å². The second kappa shape index (κ2) is 6.79. The molecule has 0 atom stereocenters. The highest BCUT2D eigenvalue weighted by molar-refractivity contribution is 8.14. The summed E-state index contributed by atoms with van der Waals surface area (Å²) in [4.78, 5) is 19.4. The van der Waals surface area contributed by atoms with Crippen molar-refractivity contribution in [2.45, 2.75) is 76.8 Å². The number of carbonyl (C=O) groups is 1. The Morgan fingerprint density at radius 3 is 2.56 bits per heavy atom. The van der Waals surface area contributed by atoms with Gasteiger partial charge in [-0.2, -0.15) is 0 Å². The van der Waals surface area contributed by atoms with Gasteiger partial charge in [0.05, 0.1) is 11.2 Å². The molecule has 134 valence electrons. The average Bonchev–Trinajstić information content (AvgIpc) is 3.32. The fourth-order valence-electron chi connectivity index (χ4n) is 4.85. The topological polar surface area (TPSA) is 32.7 Å². The summed E-state index contributed by atoms with van der Waals surface area (Å²) < 4.78 is 0. The smallest absolute Gasteiger partial charge is 0.165 e. The fraction of sp³-hybridized carbons (Fsp3) is 0.619. The maximum absolute atomic E-state index is 11.6. The summed E-state index contributed by atoms with van der Waals surface area (Å²) in [5, 5.41) is 1.23. The molecule has 4 rings (SSSR count). The van der Waals surface area contributed by atoms with Crippen LogP contribution in [0.4, 0.5) is 5.69 Å². The molecule has 3 nitrogen and oxygen atoms in total. The molecule has 0 amide bonds. The predicted molar refractivity (Wildman–Crippen MR) is 106 cm³/mol. The van der Waals surface area contributed by atoms with Gasteiger partial charge in [0.2, 0.25) is 0 Å². The van der Waals surface area contributed by atoms with Crippen LogP contribution in [0.3, 0.4) is 0 Å². The molecular weight excluding hydrogens is 328 g/mol. The monoisotopic (exact) mass is 356 g/mol. The molecule has 0 bridgehead atoms. The molecule has 1 aromatic rings. The van der Waals surface area contributed by atoms with Crippen LogP contribution in [0.25, 0.3) is 0 Å². The minimum Gasteiger partial charge on any atom is -0.342 e. The largest absolute Gasteiger partial charge is 0.342 e. The molecule has 2 saturated carbocycles. The fourth-order valence-corrected chi connectivity index (χ4v) is 6.32. The molecule has 0 N–H and O–H groups in total. The first-order valence-corrected chi connectivity index (χ1v) is 10.7. The van der Waals surface area contributed by atoms with E-state index in [4.69, 9.17) is 4.99 Å². The van der Waals surface area contributed by atoms with Gasteiger partial charge in [0, 0.05) is 17.4 Å². The van der Waals surface area contributed by atoms with E-state index < -0.39 is 0 Å². The number of ketones is 1. The minimum atomic E-state index is 0.120. The molecule has 2 aliphatic carbocycles. The summed E-state index contributed by atoms with van der Waals surface area (Å²) in [7, 11) is 0. The maximum atomic E-state index is 11.6. The summed E-state index contributed by atoms with van der Waals surface area (Å²) in [5.41, 5.74) is 3.26. The van der Waals surface area contributed by atoms with Gasteiger partial charge in [0.25, 0.3) is 0 Å². The summed E-state index contributed by atoms with van der Waals surface area (Å²) in [6.45, 7) is 3.69. The van der Waals surface area contributed by atoms with Crippen molar-refractivity contribution in [3.8, 4) is 0 Å². The van der Waals surface area contributed by atoms with E-state index in [-0.39, 0.29) is 5.78 Å². The second-order valence-electron chi connectivity index (χ2n) is 7.98. The number of hydrogen-bond donors (Lipinski definition) is 0. The minimum absolute atomic E-state index is 0.120. The first kappa shape index (κ1) is 17.1. The Labute approximate surface area is 155 Å². The highest BCUT2D eigenvalue weighted by atomic mass is 32.2. The van der Waals surface area contributed by atoms with Crippen molar-refractivity contribution in [1.82, 2.24) is 4.90 Å². The first-order chi connectivity index (χ1) is 12.1. The van der Waals surface area contributed by atoms with Crippen LogP contribution in [-0.2, 0) is 0 Å². The average molecular weight is 357 g/mol. The molecule has 0 radical (unpaired) electrons. The van der Waals surface area contributed by atoms with Crippen molar-refractivity contribution >= 4 is 28.4 Å². The molecule has 4 heteroatoms. The van der Waals surface area contributed by atoms with E-state index in [9.17, 15) is 4.79 Å². The van der Waals surface area contributed by atoms with Crippen molar-refractivity contribution in [3.63, 3.8) is 0 Å². The van der Waals surface area contributed by atoms with Gasteiger partial charge < -0.3 is 4.90 Å². The summed E-state index contributed by atoms with van der Waals surface area (Å²) in [6.07, 6.45) is 10.8. The van der Waals surface area contributed by atoms with E-state index in [2.05, 4.69) is 11.8 Å². The van der Waals surface area contributed by atoms with E-state index in [0.29, 0.717) is 11.6 Å². The Morgan fingerprint density at radius 2 is 1.92 bits per heavy atom. The van der Waals surface area contributed by atoms with Gasteiger partial charge in [-0.1, -0.05) is 37.4 Å². The molecule has 3 aliphatic rings. The molecule has 0 unspecified atom stereocenters. The molecule has 3 fully saturated rings. The summed E-state index contributed by atoms with van der Waals surface area (Å²) in [6, 6.07) is 6.60. The number of benzene rings is 1. The van der Waals surface area contributed by atoms with E-state index >= 15 is 0 Å². The Balaban J connectivity index is 1.68. The van der Waals surface area contributed by atoms with Crippen LogP contribution in [0, 0.1) is 6.92 Å². The van der Waals surface area contributed by atoms with Crippen molar-refractivity contribution in [1.29, 1.82) is 0 Å². The number of Topliss-reactive ketones (excluding diaryl/α,β-unsaturated/α-hetero) is 1. The van der Waals surface area contributed by atoms with Crippen molar-refractivity contribution in [2.24, 2.45) is 4.99 Å². The third kappa shape index (κ3) is 3.14. The zero-order chi connectivity index (χ0) is 17.4.